The lowest BCUT2D eigenvalue weighted by molar-refractivity contribution is 1.30. The van der Waals surface area contributed by atoms with Gasteiger partial charge in [0.25, 0.3) is 0 Å². The van der Waals surface area contributed by atoms with Crippen molar-refractivity contribution >= 4 is 29.1 Å². The molecule has 3 aromatic rings. The van der Waals surface area contributed by atoms with Gasteiger partial charge >= 0.3 is 0 Å². The minimum Gasteiger partial charge on any atom is -0.308 e. The number of benzene rings is 2. The molecule has 0 amide bonds. The van der Waals surface area contributed by atoms with Crippen LogP contribution in [0.25, 0.3) is 22.9 Å². The van der Waals surface area contributed by atoms with Crippen molar-refractivity contribution < 1.29 is 0 Å². The van der Waals surface area contributed by atoms with E-state index in [0.29, 0.717) is 0 Å². The van der Waals surface area contributed by atoms with Crippen LogP contribution in [0.2, 0.25) is 0 Å². The summed E-state index contributed by atoms with van der Waals surface area (Å²) in [7, 11) is 0. The number of pyridine rings is 1. The Kier molecular flexibility index (Phi) is 3.38. The second-order valence-electron chi connectivity index (χ2n) is 4.52. The van der Waals surface area contributed by atoms with Gasteiger partial charge in [-0.1, -0.05) is 48.5 Å². The molecule has 0 atom stereocenters. The number of fused-ring (bicyclic) bond motifs is 1. The van der Waals surface area contributed by atoms with Crippen molar-refractivity contribution in [2.24, 2.45) is 0 Å². The quantitative estimate of drug-likeness (QED) is 0.694. The third kappa shape index (κ3) is 2.36. The minimum absolute atomic E-state index is 0.938. The molecule has 0 unspecified atom stereocenters. The van der Waals surface area contributed by atoms with Crippen molar-refractivity contribution in [3.8, 4) is 0 Å². The van der Waals surface area contributed by atoms with E-state index in [1.807, 2.05) is 54.6 Å². The molecule has 0 aliphatic rings. The van der Waals surface area contributed by atoms with Crippen molar-refractivity contribution in [3.05, 3.63) is 77.6 Å². The Morgan fingerprint density at radius 3 is 2.15 bits per heavy atom. The Bertz CT molecular complexity index is 774. The molecule has 0 saturated heterocycles. The number of nitrogens with one attached hydrogen (secondary N) is 1. The first-order chi connectivity index (χ1) is 9.88. The molecule has 0 spiro atoms. The Hall–Kier alpha value is -2.74. The highest BCUT2D eigenvalue weighted by Gasteiger charge is 2.01. The summed E-state index contributed by atoms with van der Waals surface area (Å²) < 4.78 is 0. The van der Waals surface area contributed by atoms with Crippen molar-refractivity contribution in [3.63, 3.8) is 0 Å². The molecule has 1 N–H and O–H groups in total. The van der Waals surface area contributed by atoms with Crippen LogP contribution in [-0.2, 0) is 0 Å². The van der Waals surface area contributed by atoms with E-state index < -0.39 is 0 Å². The first-order valence-corrected chi connectivity index (χ1v) is 6.50. The number of aromatic nitrogens is 1. The summed E-state index contributed by atoms with van der Waals surface area (Å²) >= 11 is 0. The fourth-order valence-electron chi connectivity index (χ4n) is 2.27. The Labute approximate surface area is 117 Å². The van der Waals surface area contributed by atoms with Gasteiger partial charge in [-0.3, -0.25) is 4.98 Å². The van der Waals surface area contributed by atoms with Gasteiger partial charge in [-0.15, -0.1) is 0 Å². The minimum atomic E-state index is 0.938. The molecule has 2 nitrogen and oxygen atoms in total. The van der Waals surface area contributed by atoms with Crippen LogP contribution in [0.4, 0.5) is 0 Å². The van der Waals surface area contributed by atoms with Gasteiger partial charge in [-0.05, 0) is 40.1 Å². The molecule has 0 aliphatic carbocycles. The average molecular weight is 258 g/mol. The van der Waals surface area contributed by atoms with Crippen LogP contribution in [0.1, 0.15) is 16.8 Å². The van der Waals surface area contributed by atoms with Crippen LogP contribution in [0.3, 0.4) is 0 Å². The number of rotatable bonds is 3. The molecule has 96 valence electrons. The molecular formula is C18H14N2. The van der Waals surface area contributed by atoms with Crippen molar-refractivity contribution in [1.82, 2.24) is 4.98 Å². The normalized spacial score (nSPS) is 11.0. The lowest BCUT2D eigenvalue weighted by Gasteiger charge is -2.05. The van der Waals surface area contributed by atoms with E-state index in [0.717, 1.165) is 27.6 Å². The van der Waals surface area contributed by atoms with Gasteiger partial charge in [-0.25, -0.2) is 0 Å². The van der Waals surface area contributed by atoms with E-state index in [-0.39, 0.29) is 0 Å². The standard InChI is InChI=1S/C18H14N2/c19-13-15-9-8-14(17-6-1-2-7-18(15)17)10-11-16-5-3-4-12-20-16/h1-13,19H/b11-10+,19-13?. The van der Waals surface area contributed by atoms with E-state index in [1.54, 1.807) is 6.20 Å². The maximum Gasteiger partial charge on any atom is 0.0629 e. The van der Waals surface area contributed by atoms with Crippen LogP contribution in [0.5, 0.6) is 0 Å². The molecule has 1 aromatic heterocycles. The summed E-state index contributed by atoms with van der Waals surface area (Å²) in [6.07, 6.45) is 7.26. The SMILES string of the molecule is N=Cc1ccc(/C=C/c2ccccn2)c2ccccc12. The van der Waals surface area contributed by atoms with Crippen molar-refractivity contribution in [2.45, 2.75) is 0 Å². The molecule has 3 rings (SSSR count). The summed E-state index contributed by atoms with van der Waals surface area (Å²) in [6.45, 7) is 0. The summed E-state index contributed by atoms with van der Waals surface area (Å²) in [4.78, 5) is 4.28. The second kappa shape index (κ2) is 5.49. The average Bonchev–Trinajstić information content (AvgIpc) is 2.53. The third-order valence-corrected chi connectivity index (χ3v) is 3.27. The number of nitrogens with zero attached hydrogens (tertiary/aromatic N) is 1. The summed E-state index contributed by atoms with van der Waals surface area (Å²) in [5.74, 6) is 0. The van der Waals surface area contributed by atoms with Crippen LogP contribution >= 0.6 is 0 Å². The third-order valence-electron chi connectivity index (χ3n) is 3.27. The zero-order chi connectivity index (χ0) is 13.8. The maximum absolute atomic E-state index is 7.48. The van der Waals surface area contributed by atoms with Gasteiger partial charge in [0, 0.05) is 12.4 Å². The topological polar surface area (TPSA) is 36.7 Å². The summed E-state index contributed by atoms with van der Waals surface area (Å²) in [5.41, 5.74) is 3.01. The van der Waals surface area contributed by atoms with Crippen LogP contribution in [0, 0.1) is 5.41 Å². The molecule has 0 saturated carbocycles. The maximum atomic E-state index is 7.48. The van der Waals surface area contributed by atoms with E-state index >= 15 is 0 Å². The summed E-state index contributed by atoms with van der Waals surface area (Å²) in [5, 5.41) is 9.74. The first-order valence-electron chi connectivity index (χ1n) is 6.50. The van der Waals surface area contributed by atoms with Crippen LogP contribution in [-0.4, -0.2) is 11.2 Å². The highest BCUT2D eigenvalue weighted by molar-refractivity contribution is 6.03. The molecule has 20 heavy (non-hydrogen) atoms. The Balaban J connectivity index is 2.09. The van der Waals surface area contributed by atoms with E-state index in [1.165, 1.54) is 6.21 Å². The molecule has 0 fully saturated rings. The highest BCUT2D eigenvalue weighted by Crippen LogP contribution is 2.23. The van der Waals surface area contributed by atoms with E-state index in [2.05, 4.69) is 17.1 Å². The molecule has 0 radical (unpaired) electrons. The van der Waals surface area contributed by atoms with E-state index in [9.17, 15) is 0 Å². The largest absolute Gasteiger partial charge is 0.308 e. The molecular weight excluding hydrogens is 244 g/mol. The predicted octanol–water partition coefficient (Wildman–Crippen LogP) is 4.40. The lowest BCUT2D eigenvalue weighted by Crippen LogP contribution is -1.86. The first kappa shape index (κ1) is 12.3. The monoisotopic (exact) mass is 258 g/mol. The van der Waals surface area contributed by atoms with Gasteiger partial charge in [0.15, 0.2) is 0 Å². The lowest BCUT2D eigenvalue weighted by atomic mass is 9.99. The van der Waals surface area contributed by atoms with Crippen molar-refractivity contribution in [1.29, 1.82) is 5.41 Å². The highest BCUT2D eigenvalue weighted by atomic mass is 14.6. The van der Waals surface area contributed by atoms with Gasteiger partial charge in [0.05, 0.1) is 5.69 Å². The molecule has 1 heterocycles. The summed E-state index contributed by atoms with van der Waals surface area (Å²) in [6, 6.07) is 18.0. The molecule has 2 aromatic carbocycles. The van der Waals surface area contributed by atoms with Gasteiger partial charge < -0.3 is 5.41 Å². The smallest absolute Gasteiger partial charge is 0.0629 e. The number of hydrogen-bond donors (Lipinski definition) is 1. The van der Waals surface area contributed by atoms with E-state index in [4.69, 9.17) is 5.41 Å². The molecule has 2 heteroatoms. The predicted molar refractivity (Wildman–Crippen MR) is 85.0 cm³/mol. The second-order valence-corrected chi connectivity index (χ2v) is 4.52. The fraction of sp³-hybridized carbons (Fsp3) is 0. The van der Waals surface area contributed by atoms with Gasteiger partial charge in [-0.2, -0.15) is 0 Å². The number of hydrogen-bond acceptors (Lipinski definition) is 2. The van der Waals surface area contributed by atoms with Crippen LogP contribution in [0.15, 0.2) is 60.8 Å². The fourth-order valence-corrected chi connectivity index (χ4v) is 2.27. The van der Waals surface area contributed by atoms with Gasteiger partial charge in [0.1, 0.15) is 0 Å². The molecule has 0 bridgehead atoms. The van der Waals surface area contributed by atoms with Gasteiger partial charge in [0.2, 0.25) is 0 Å². The molecule has 0 aliphatic heterocycles. The van der Waals surface area contributed by atoms with Crippen molar-refractivity contribution in [2.75, 3.05) is 0 Å². The zero-order valence-corrected chi connectivity index (χ0v) is 11.0. The van der Waals surface area contributed by atoms with Crippen LogP contribution < -0.4 is 0 Å². The zero-order valence-electron chi connectivity index (χ0n) is 11.0. The Morgan fingerprint density at radius 2 is 1.45 bits per heavy atom. The Morgan fingerprint density at radius 1 is 0.750 bits per heavy atom.